The molecule has 3 heteroatoms. The molecule has 0 fully saturated rings. The fraction of sp³-hybridized carbons (Fsp3) is 0.800. The van der Waals surface area contributed by atoms with E-state index in [4.69, 9.17) is 5.11 Å². The van der Waals surface area contributed by atoms with Gasteiger partial charge in [-0.25, -0.2) is 0 Å². The van der Waals surface area contributed by atoms with Gasteiger partial charge in [0.2, 0.25) is 0 Å². The van der Waals surface area contributed by atoms with Crippen molar-refractivity contribution < 1.29 is 15.3 Å². The third-order valence-corrected chi connectivity index (χ3v) is 2.78. The summed E-state index contributed by atoms with van der Waals surface area (Å²) in [7, 11) is 0. The zero-order chi connectivity index (χ0) is 10.1. The van der Waals surface area contributed by atoms with Crippen molar-refractivity contribution in [3.8, 4) is 0 Å². The van der Waals surface area contributed by atoms with Gasteiger partial charge in [0.05, 0.1) is 18.3 Å². The zero-order valence-electron chi connectivity index (χ0n) is 8.20. The Labute approximate surface area is 78.7 Å². The maximum atomic E-state index is 9.72. The molecule has 0 aromatic rings. The zero-order valence-corrected chi connectivity index (χ0v) is 8.20. The molecular formula is C10H18O3. The highest BCUT2D eigenvalue weighted by Crippen LogP contribution is 2.31. The molecule has 0 aromatic heterocycles. The van der Waals surface area contributed by atoms with Gasteiger partial charge in [0.25, 0.3) is 0 Å². The molecule has 76 valence electrons. The molecule has 0 unspecified atom stereocenters. The molecular weight excluding hydrogens is 168 g/mol. The summed E-state index contributed by atoms with van der Waals surface area (Å²) in [6, 6.07) is 0. The predicted octanol–water partition coefficient (Wildman–Crippen LogP) is 0.447. The Morgan fingerprint density at radius 2 is 2.15 bits per heavy atom. The van der Waals surface area contributed by atoms with E-state index in [1.165, 1.54) is 0 Å². The third-order valence-electron chi connectivity index (χ3n) is 2.78. The third kappa shape index (κ3) is 2.53. The lowest BCUT2D eigenvalue weighted by Gasteiger charge is -2.34. The van der Waals surface area contributed by atoms with Crippen molar-refractivity contribution >= 4 is 0 Å². The van der Waals surface area contributed by atoms with Gasteiger partial charge in [0, 0.05) is 0 Å². The van der Waals surface area contributed by atoms with E-state index in [0.717, 1.165) is 6.42 Å². The molecule has 1 rings (SSSR count). The lowest BCUT2D eigenvalue weighted by Crippen LogP contribution is -2.36. The van der Waals surface area contributed by atoms with E-state index >= 15 is 0 Å². The highest BCUT2D eigenvalue weighted by molar-refractivity contribution is 5.13. The summed E-state index contributed by atoms with van der Waals surface area (Å²) < 4.78 is 0. The van der Waals surface area contributed by atoms with Crippen LogP contribution in [0, 0.1) is 5.92 Å². The van der Waals surface area contributed by atoms with Crippen LogP contribution in [0.1, 0.15) is 26.7 Å². The maximum Gasteiger partial charge on any atom is 0.0776 e. The molecule has 2 atom stereocenters. The lowest BCUT2D eigenvalue weighted by molar-refractivity contribution is -0.00717. The Hall–Kier alpha value is -0.380. The summed E-state index contributed by atoms with van der Waals surface area (Å²) in [5.41, 5.74) is -0.0705. The molecule has 0 aliphatic heterocycles. The van der Waals surface area contributed by atoms with Gasteiger partial charge >= 0.3 is 0 Å². The van der Waals surface area contributed by atoms with Crippen molar-refractivity contribution in [2.75, 3.05) is 6.61 Å². The summed E-state index contributed by atoms with van der Waals surface area (Å²) in [5, 5.41) is 28.1. The number of aliphatic hydroxyl groups is 3. The Morgan fingerprint density at radius 1 is 1.54 bits per heavy atom. The standard InChI is InChI=1S/C10H18O3/c1-10(2,13)8-4-3-7(6-11)9(12)5-8/h3,8-9,11-13H,4-6H2,1-2H3/t8-,9+/m1/s1. The molecule has 0 saturated carbocycles. The number of rotatable bonds is 2. The molecule has 0 radical (unpaired) electrons. The van der Waals surface area contributed by atoms with Crippen LogP contribution < -0.4 is 0 Å². The van der Waals surface area contributed by atoms with Gasteiger partial charge < -0.3 is 15.3 Å². The van der Waals surface area contributed by atoms with E-state index in [-0.39, 0.29) is 12.5 Å². The van der Waals surface area contributed by atoms with Crippen LogP contribution >= 0.6 is 0 Å². The van der Waals surface area contributed by atoms with Crippen LogP contribution in [-0.2, 0) is 0 Å². The molecule has 13 heavy (non-hydrogen) atoms. The normalized spacial score (nSPS) is 30.1. The van der Waals surface area contributed by atoms with Gasteiger partial charge in [-0.3, -0.25) is 0 Å². The predicted molar refractivity (Wildman–Crippen MR) is 50.2 cm³/mol. The van der Waals surface area contributed by atoms with Gasteiger partial charge in [-0.2, -0.15) is 0 Å². The molecule has 0 bridgehead atoms. The minimum Gasteiger partial charge on any atom is -0.392 e. The van der Waals surface area contributed by atoms with Gasteiger partial charge in [0.1, 0.15) is 0 Å². The maximum absolute atomic E-state index is 9.72. The summed E-state index contributed by atoms with van der Waals surface area (Å²) in [4.78, 5) is 0. The van der Waals surface area contributed by atoms with Crippen LogP contribution in [0.15, 0.2) is 11.6 Å². The van der Waals surface area contributed by atoms with Crippen molar-refractivity contribution in [1.82, 2.24) is 0 Å². The lowest BCUT2D eigenvalue weighted by atomic mass is 9.78. The molecule has 0 spiro atoms. The first-order valence-corrected chi connectivity index (χ1v) is 4.65. The minimum atomic E-state index is -0.752. The van der Waals surface area contributed by atoms with Gasteiger partial charge in [-0.15, -0.1) is 0 Å². The first kappa shape index (κ1) is 10.7. The Balaban J connectivity index is 2.66. The van der Waals surface area contributed by atoms with Crippen LogP contribution in [0.5, 0.6) is 0 Å². The monoisotopic (exact) mass is 186 g/mol. The highest BCUT2D eigenvalue weighted by atomic mass is 16.3. The molecule has 3 N–H and O–H groups in total. The van der Waals surface area contributed by atoms with Crippen LogP contribution in [0.4, 0.5) is 0 Å². The minimum absolute atomic E-state index is 0.0813. The van der Waals surface area contributed by atoms with E-state index in [1.54, 1.807) is 13.8 Å². The summed E-state index contributed by atoms with van der Waals surface area (Å²) >= 11 is 0. The van der Waals surface area contributed by atoms with Crippen molar-refractivity contribution in [2.24, 2.45) is 5.92 Å². The first-order valence-electron chi connectivity index (χ1n) is 4.65. The van der Waals surface area contributed by atoms with Crippen LogP contribution in [0.3, 0.4) is 0 Å². The van der Waals surface area contributed by atoms with Crippen molar-refractivity contribution in [3.05, 3.63) is 11.6 Å². The molecule has 0 aromatic carbocycles. The average Bonchev–Trinajstić information content (AvgIpc) is 2.02. The van der Waals surface area contributed by atoms with Crippen LogP contribution in [0.2, 0.25) is 0 Å². The molecule has 1 aliphatic carbocycles. The number of hydrogen-bond acceptors (Lipinski definition) is 3. The first-order chi connectivity index (χ1) is 5.95. The Morgan fingerprint density at radius 3 is 2.54 bits per heavy atom. The smallest absolute Gasteiger partial charge is 0.0776 e. The quantitative estimate of drug-likeness (QED) is 0.549. The summed E-state index contributed by atoms with van der Waals surface area (Å²) in [6.45, 7) is 3.42. The van der Waals surface area contributed by atoms with E-state index in [2.05, 4.69) is 0 Å². The largest absolute Gasteiger partial charge is 0.392 e. The van der Waals surface area contributed by atoms with Crippen molar-refractivity contribution in [2.45, 2.75) is 38.4 Å². The topological polar surface area (TPSA) is 60.7 Å². The molecule has 0 saturated heterocycles. The number of allylic oxidation sites excluding steroid dienone is 1. The Kier molecular flexibility index (Phi) is 3.11. The highest BCUT2D eigenvalue weighted by Gasteiger charge is 2.31. The molecule has 3 nitrogen and oxygen atoms in total. The van der Waals surface area contributed by atoms with E-state index in [0.29, 0.717) is 12.0 Å². The number of aliphatic hydroxyl groups excluding tert-OH is 2. The second kappa shape index (κ2) is 3.78. The van der Waals surface area contributed by atoms with Gasteiger partial charge in [-0.05, 0) is 38.2 Å². The van der Waals surface area contributed by atoms with Crippen LogP contribution in [-0.4, -0.2) is 33.6 Å². The molecule has 0 heterocycles. The van der Waals surface area contributed by atoms with Crippen molar-refractivity contribution in [3.63, 3.8) is 0 Å². The summed E-state index contributed by atoms with van der Waals surface area (Å²) in [5.74, 6) is 0.0813. The van der Waals surface area contributed by atoms with E-state index in [1.807, 2.05) is 6.08 Å². The van der Waals surface area contributed by atoms with Gasteiger partial charge in [-0.1, -0.05) is 6.08 Å². The van der Waals surface area contributed by atoms with Crippen LogP contribution in [0.25, 0.3) is 0 Å². The second-order valence-electron chi connectivity index (χ2n) is 4.27. The number of hydrogen-bond donors (Lipinski definition) is 3. The van der Waals surface area contributed by atoms with E-state index < -0.39 is 11.7 Å². The molecule has 0 amide bonds. The fourth-order valence-corrected chi connectivity index (χ4v) is 1.69. The Bertz CT molecular complexity index is 203. The average molecular weight is 186 g/mol. The molecule has 1 aliphatic rings. The van der Waals surface area contributed by atoms with E-state index in [9.17, 15) is 10.2 Å². The SMILES string of the molecule is CC(C)(O)[C@@H]1CC=C(CO)[C@@H](O)C1. The van der Waals surface area contributed by atoms with Gasteiger partial charge in [0.15, 0.2) is 0 Å². The summed E-state index contributed by atoms with van der Waals surface area (Å²) in [6.07, 6.45) is 2.51. The van der Waals surface area contributed by atoms with Crippen molar-refractivity contribution in [1.29, 1.82) is 0 Å². The second-order valence-corrected chi connectivity index (χ2v) is 4.27. The fourth-order valence-electron chi connectivity index (χ4n) is 1.69.